The van der Waals surface area contributed by atoms with Gasteiger partial charge in [-0.1, -0.05) is 0 Å². The van der Waals surface area contributed by atoms with Gasteiger partial charge in [0, 0.05) is 30.0 Å². The molecular weight excluding hydrogens is 281 g/mol. The molecule has 72 valence electrons. The van der Waals surface area contributed by atoms with Crippen molar-refractivity contribution in [1.82, 2.24) is 4.57 Å². The van der Waals surface area contributed by atoms with Crippen molar-refractivity contribution in [2.75, 3.05) is 0 Å². The molecule has 0 saturated heterocycles. The molecule has 0 aliphatic heterocycles. The predicted octanol–water partition coefficient (Wildman–Crippen LogP) is 1.08. The Balaban J connectivity index is 3.60. The van der Waals surface area contributed by atoms with Gasteiger partial charge in [-0.25, -0.2) is 8.42 Å². The van der Waals surface area contributed by atoms with Crippen molar-refractivity contribution in [2.24, 2.45) is 7.05 Å². The molecule has 0 spiro atoms. The number of halogens is 2. The Bertz CT molecular complexity index is 493. The lowest BCUT2D eigenvalue weighted by Crippen LogP contribution is -2.16. The van der Waals surface area contributed by atoms with Crippen LogP contribution in [0.3, 0.4) is 0 Å². The molecule has 0 unspecified atom stereocenters. The van der Waals surface area contributed by atoms with Crippen LogP contribution in [0, 0.1) is 0 Å². The Labute approximate surface area is 87.7 Å². The third-order valence-electron chi connectivity index (χ3n) is 1.41. The molecule has 1 rings (SSSR count). The van der Waals surface area contributed by atoms with E-state index in [2.05, 4.69) is 15.9 Å². The van der Waals surface area contributed by atoms with Crippen LogP contribution < -0.4 is 5.56 Å². The van der Waals surface area contributed by atoms with Crippen LogP contribution in [0.4, 0.5) is 0 Å². The smallest absolute Gasteiger partial charge is 0.262 e. The molecule has 1 aromatic heterocycles. The van der Waals surface area contributed by atoms with Crippen molar-refractivity contribution < 1.29 is 8.42 Å². The second kappa shape index (κ2) is 3.43. The molecule has 0 amide bonds. The summed E-state index contributed by atoms with van der Waals surface area (Å²) < 4.78 is 23.3. The minimum Gasteiger partial charge on any atom is -0.317 e. The zero-order chi connectivity index (χ0) is 10.2. The van der Waals surface area contributed by atoms with E-state index in [1.807, 2.05) is 0 Å². The molecule has 0 aromatic carbocycles. The molecule has 0 saturated carbocycles. The lowest BCUT2D eigenvalue weighted by atomic mass is 10.5. The molecule has 0 bridgehead atoms. The van der Waals surface area contributed by atoms with Crippen molar-refractivity contribution in [3.63, 3.8) is 0 Å². The van der Waals surface area contributed by atoms with Crippen molar-refractivity contribution >= 4 is 35.7 Å². The number of pyridine rings is 1. The highest BCUT2D eigenvalue weighted by atomic mass is 79.9. The first kappa shape index (κ1) is 10.7. The number of rotatable bonds is 1. The molecule has 1 aromatic rings. The molecule has 0 aliphatic carbocycles. The van der Waals surface area contributed by atoms with Crippen LogP contribution >= 0.6 is 26.6 Å². The van der Waals surface area contributed by atoms with E-state index in [0.717, 1.165) is 6.07 Å². The average molecular weight is 287 g/mol. The number of aryl methyl sites for hydroxylation is 1. The molecular formula is C6H5BrClNO3S. The summed E-state index contributed by atoms with van der Waals surface area (Å²) in [5.74, 6) is 0. The fourth-order valence-electron chi connectivity index (χ4n) is 0.767. The Morgan fingerprint density at radius 1 is 1.54 bits per heavy atom. The van der Waals surface area contributed by atoms with Crippen LogP contribution in [0.15, 0.2) is 26.4 Å². The maximum atomic E-state index is 11.1. The maximum absolute atomic E-state index is 11.1. The topological polar surface area (TPSA) is 56.1 Å². The normalized spacial score (nSPS) is 11.6. The van der Waals surface area contributed by atoms with Gasteiger partial charge in [0.05, 0.1) is 4.47 Å². The van der Waals surface area contributed by atoms with Gasteiger partial charge in [-0.15, -0.1) is 0 Å². The average Bonchev–Trinajstić information content (AvgIpc) is 1.94. The Kier molecular flexibility index (Phi) is 2.84. The van der Waals surface area contributed by atoms with Gasteiger partial charge in [0.15, 0.2) is 0 Å². The summed E-state index contributed by atoms with van der Waals surface area (Å²) in [7, 11) is 2.73. The number of nitrogens with zero attached hydrogens (tertiary/aromatic N) is 1. The van der Waals surface area contributed by atoms with Crippen molar-refractivity contribution in [3.05, 3.63) is 27.1 Å². The molecule has 0 fully saturated rings. The van der Waals surface area contributed by atoms with Crippen LogP contribution in [0.1, 0.15) is 0 Å². The zero-order valence-electron chi connectivity index (χ0n) is 6.49. The van der Waals surface area contributed by atoms with Crippen LogP contribution in [0.5, 0.6) is 0 Å². The third kappa shape index (κ3) is 2.32. The van der Waals surface area contributed by atoms with E-state index in [4.69, 9.17) is 10.7 Å². The lowest BCUT2D eigenvalue weighted by Gasteiger charge is -2.01. The number of aromatic nitrogens is 1. The molecule has 0 aliphatic rings. The minimum absolute atomic E-state index is 0.211. The van der Waals surface area contributed by atoms with Gasteiger partial charge in [0.25, 0.3) is 14.6 Å². The Hall–Kier alpha value is -0.330. The fraction of sp³-hybridized carbons (Fsp3) is 0.167. The lowest BCUT2D eigenvalue weighted by molar-refractivity contribution is 0.608. The molecule has 0 N–H and O–H groups in total. The SMILES string of the molecule is Cn1cc(Br)c(S(=O)(=O)Cl)cc1=O. The monoisotopic (exact) mass is 285 g/mol. The van der Waals surface area contributed by atoms with Crippen LogP contribution in [-0.4, -0.2) is 13.0 Å². The summed E-state index contributed by atoms with van der Waals surface area (Å²) in [6, 6.07) is 0.965. The summed E-state index contributed by atoms with van der Waals surface area (Å²) in [6.45, 7) is 0. The number of hydrogen-bond donors (Lipinski definition) is 0. The van der Waals surface area contributed by atoms with E-state index in [1.165, 1.54) is 17.8 Å². The highest BCUT2D eigenvalue weighted by Crippen LogP contribution is 2.22. The van der Waals surface area contributed by atoms with E-state index in [1.54, 1.807) is 0 Å². The quantitative estimate of drug-likeness (QED) is 0.726. The summed E-state index contributed by atoms with van der Waals surface area (Å²) in [4.78, 5) is 10.8. The second-order valence-corrected chi connectivity index (χ2v) is 5.76. The molecule has 0 radical (unpaired) electrons. The van der Waals surface area contributed by atoms with E-state index in [0.29, 0.717) is 0 Å². The van der Waals surface area contributed by atoms with Gasteiger partial charge in [0.1, 0.15) is 4.90 Å². The van der Waals surface area contributed by atoms with Crippen LogP contribution in [-0.2, 0) is 16.1 Å². The van der Waals surface area contributed by atoms with Gasteiger partial charge < -0.3 is 4.57 Å². The fourth-order valence-corrected chi connectivity index (χ4v) is 3.02. The largest absolute Gasteiger partial charge is 0.317 e. The Morgan fingerprint density at radius 2 is 2.08 bits per heavy atom. The summed E-state index contributed by atoms with van der Waals surface area (Å²) >= 11 is 2.99. The van der Waals surface area contributed by atoms with Gasteiger partial charge in [-0.2, -0.15) is 0 Å². The highest BCUT2D eigenvalue weighted by molar-refractivity contribution is 9.10. The Morgan fingerprint density at radius 3 is 2.54 bits per heavy atom. The first-order chi connectivity index (χ1) is 5.82. The summed E-state index contributed by atoms with van der Waals surface area (Å²) in [5, 5.41) is 0. The molecule has 4 nitrogen and oxygen atoms in total. The van der Waals surface area contributed by atoms with Crippen LogP contribution in [0.25, 0.3) is 0 Å². The minimum atomic E-state index is -3.86. The predicted molar refractivity (Wildman–Crippen MR) is 52.4 cm³/mol. The summed E-state index contributed by atoms with van der Waals surface area (Å²) in [5.41, 5.74) is -0.428. The van der Waals surface area contributed by atoms with Crippen molar-refractivity contribution in [3.8, 4) is 0 Å². The van der Waals surface area contributed by atoms with Crippen molar-refractivity contribution in [2.45, 2.75) is 4.90 Å². The van der Waals surface area contributed by atoms with Crippen LogP contribution in [0.2, 0.25) is 0 Å². The van der Waals surface area contributed by atoms with Crippen molar-refractivity contribution in [1.29, 1.82) is 0 Å². The zero-order valence-corrected chi connectivity index (χ0v) is 9.65. The van der Waals surface area contributed by atoms with Gasteiger partial charge in [-0.05, 0) is 15.9 Å². The first-order valence-corrected chi connectivity index (χ1v) is 6.23. The second-order valence-electron chi connectivity index (χ2n) is 2.37. The molecule has 1 heterocycles. The molecule has 7 heteroatoms. The number of hydrogen-bond acceptors (Lipinski definition) is 3. The van der Waals surface area contributed by atoms with E-state index < -0.39 is 14.6 Å². The third-order valence-corrected chi connectivity index (χ3v) is 3.66. The van der Waals surface area contributed by atoms with Gasteiger partial charge in [-0.3, -0.25) is 4.79 Å². The maximum Gasteiger partial charge on any atom is 0.262 e. The molecule has 13 heavy (non-hydrogen) atoms. The highest BCUT2D eigenvalue weighted by Gasteiger charge is 2.15. The van der Waals surface area contributed by atoms with Gasteiger partial charge in [0.2, 0.25) is 0 Å². The standard InChI is InChI=1S/C6H5BrClNO3S/c1-9-3-4(7)5(2-6(9)10)13(8,11)12/h2-3H,1H3. The van der Waals surface area contributed by atoms with E-state index in [9.17, 15) is 13.2 Å². The van der Waals surface area contributed by atoms with Gasteiger partial charge >= 0.3 is 0 Å². The summed E-state index contributed by atoms with van der Waals surface area (Å²) in [6.07, 6.45) is 1.34. The first-order valence-electron chi connectivity index (χ1n) is 3.13. The van der Waals surface area contributed by atoms with E-state index >= 15 is 0 Å². The molecule has 0 atom stereocenters. The van der Waals surface area contributed by atoms with E-state index in [-0.39, 0.29) is 9.37 Å².